The number of hydrogen-bond acceptors (Lipinski definition) is 14. The van der Waals surface area contributed by atoms with Crippen LogP contribution < -0.4 is 49.1 Å². The fourth-order valence-corrected chi connectivity index (χ4v) is 11.9. The van der Waals surface area contributed by atoms with Gasteiger partial charge in [-0.3, -0.25) is 43.3 Å². The number of hydrogen-bond donors (Lipinski definition) is 11. The first-order valence-electron chi connectivity index (χ1n) is 26.8. The second-order valence-electron chi connectivity index (χ2n) is 20.2. The number of halogens is 1. The fourth-order valence-electron chi connectivity index (χ4n) is 9.43. The Kier molecular flexibility index (Phi) is 22.7. The minimum atomic E-state index is -1.70. The van der Waals surface area contributed by atoms with Gasteiger partial charge < -0.3 is 64.1 Å². The van der Waals surface area contributed by atoms with Crippen molar-refractivity contribution in [2.75, 3.05) is 25.1 Å². The predicted octanol–water partition coefficient (Wildman–Crippen LogP) is 2.09. The van der Waals surface area contributed by atoms with Crippen LogP contribution in [0.4, 0.5) is 0 Å². The Hall–Kier alpha value is -7.54. The molecule has 14 N–H and O–H groups in total. The van der Waals surface area contributed by atoms with Crippen LogP contribution in [0.3, 0.4) is 0 Å². The largest absolute Gasteiger partial charge is 0.391 e. The van der Waals surface area contributed by atoms with E-state index in [0.29, 0.717) is 40.1 Å². The number of unbranched alkanes of at least 4 members (excludes halogenated alkanes) is 1. The number of carbonyl (C=O) groups is 8. The number of fused-ring (bicyclic) bond motifs is 2. The van der Waals surface area contributed by atoms with Gasteiger partial charge in [0.25, 0.3) is 0 Å². The first-order valence-corrected chi connectivity index (χ1v) is 29.7. The number of para-hydroxylation sites is 1. The summed E-state index contributed by atoms with van der Waals surface area (Å²) in [6.45, 7) is 1.52. The summed E-state index contributed by atoms with van der Waals surface area (Å²) < 4.78 is 0. The molecule has 3 heterocycles. The Labute approximate surface area is 487 Å². The number of pyridine rings is 1. The van der Waals surface area contributed by atoms with E-state index >= 15 is 9.59 Å². The number of primary amides is 1. The average molecular weight is 1180 g/mol. The average Bonchev–Trinajstić information content (AvgIpc) is 3.93. The lowest BCUT2D eigenvalue weighted by Crippen LogP contribution is -2.62. The summed E-state index contributed by atoms with van der Waals surface area (Å²) in [4.78, 5) is 124. The molecule has 0 unspecified atom stereocenters. The van der Waals surface area contributed by atoms with Crippen molar-refractivity contribution in [1.29, 1.82) is 0 Å². The van der Waals surface area contributed by atoms with E-state index in [1.54, 1.807) is 54.9 Å². The van der Waals surface area contributed by atoms with Crippen LogP contribution in [-0.2, 0) is 64.0 Å². The summed E-state index contributed by atoms with van der Waals surface area (Å²) in [5.74, 6) is -7.02. The van der Waals surface area contributed by atoms with Crippen molar-refractivity contribution < 1.29 is 43.5 Å². The number of aliphatic hydroxyl groups is 1. The van der Waals surface area contributed by atoms with E-state index in [9.17, 15) is 33.9 Å². The molecular formula is C58H69ClN12O9S2. The Morgan fingerprint density at radius 3 is 2.21 bits per heavy atom. The van der Waals surface area contributed by atoms with Gasteiger partial charge in [0.15, 0.2) is 0 Å². The van der Waals surface area contributed by atoms with Crippen LogP contribution >= 0.6 is 33.2 Å². The Morgan fingerprint density at radius 2 is 1.49 bits per heavy atom. The molecule has 4 aromatic carbocycles. The van der Waals surface area contributed by atoms with Gasteiger partial charge >= 0.3 is 0 Å². The van der Waals surface area contributed by atoms with Crippen LogP contribution in [0.1, 0.15) is 48.4 Å². The summed E-state index contributed by atoms with van der Waals surface area (Å²) in [5.41, 5.74) is 21.5. The number of amides is 8. The number of nitrogens with two attached hydrogens (primary N) is 3. The molecule has 0 radical (unpaired) electrons. The monoisotopic (exact) mass is 1180 g/mol. The summed E-state index contributed by atoms with van der Waals surface area (Å²) >= 11 is 6.11. The van der Waals surface area contributed by atoms with Crippen molar-refractivity contribution in [3.63, 3.8) is 0 Å². The zero-order valence-electron chi connectivity index (χ0n) is 45.3. The molecule has 7 rings (SSSR count). The molecule has 8 amide bonds. The van der Waals surface area contributed by atoms with Crippen LogP contribution in [0.15, 0.2) is 122 Å². The highest BCUT2D eigenvalue weighted by molar-refractivity contribution is 8.76. The van der Waals surface area contributed by atoms with Crippen LogP contribution in [0.25, 0.3) is 21.7 Å². The normalized spacial score (nSPS) is 21.0. The molecule has 6 aromatic rings. The summed E-state index contributed by atoms with van der Waals surface area (Å²) in [6.07, 6.45) is 3.88. The van der Waals surface area contributed by atoms with Gasteiger partial charge in [0.1, 0.15) is 42.3 Å². The lowest BCUT2D eigenvalue weighted by atomic mass is 9.99. The summed E-state index contributed by atoms with van der Waals surface area (Å²) in [6, 6.07) is 19.5. The van der Waals surface area contributed by atoms with Gasteiger partial charge in [-0.15, -0.1) is 0 Å². The molecule has 9 atom stereocenters. The maximum atomic E-state index is 15.2. The molecule has 0 saturated carbocycles. The van der Waals surface area contributed by atoms with E-state index in [1.165, 1.54) is 25.1 Å². The van der Waals surface area contributed by atoms with Crippen molar-refractivity contribution in [2.45, 2.75) is 106 Å². The second-order valence-corrected chi connectivity index (χ2v) is 23.2. The zero-order chi connectivity index (χ0) is 58.9. The van der Waals surface area contributed by atoms with Crippen LogP contribution in [0, 0.1) is 0 Å². The van der Waals surface area contributed by atoms with Gasteiger partial charge in [-0.05, 0) is 96.4 Å². The molecule has 0 bridgehead atoms. The lowest BCUT2D eigenvalue weighted by Gasteiger charge is -2.33. The highest BCUT2D eigenvalue weighted by Crippen LogP contribution is 2.26. The molecule has 1 aliphatic heterocycles. The van der Waals surface area contributed by atoms with Gasteiger partial charge in [0.05, 0.1) is 12.1 Å². The third kappa shape index (κ3) is 17.2. The Balaban J connectivity index is 1.26. The molecule has 1 saturated heterocycles. The molecule has 1 fully saturated rings. The van der Waals surface area contributed by atoms with Crippen molar-refractivity contribution in [2.24, 2.45) is 17.2 Å². The first-order chi connectivity index (χ1) is 39.4. The Morgan fingerprint density at radius 1 is 0.780 bits per heavy atom. The molecular weight excluding hydrogens is 1110 g/mol. The fraction of sp³-hybridized carbons (Fsp3) is 0.362. The SMILES string of the molecule is C[C@H](O)[C@H]1NC(=O)[C@H](CCCCN)NC(=O)[C@@H](Cc2c[nH]c3ccccc23)N(C)C(=O)[C@H](Cc2cccnc2)NC(=O)[C@@H](NC(=O)[C@@H](N)Cc2ccc(Cl)cc2)CSSC[C@H](C(=O)N[C@@H](Cc2ccc3ccccc3c2)C(N)=O)NC1=O. The van der Waals surface area contributed by atoms with Gasteiger partial charge in [0, 0.05) is 72.3 Å². The number of likely N-dealkylation sites (N-methyl/N-ethyl adjacent to an activating group) is 1. The molecule has 21 nitrogen and oxygen atoms in total. The zero-order valence-corrected chi connectivity index (χ0v) is 47.7. The standard InChI is InChI=1S/C58H69ClN12O9S2/c1-33(72)50-57(79)69-48(54(76)66-45(51(62)73)26-35-16-19-37-11-3-4-12-38(37)24-35)32-82-81-31-47(68-52(74)42(61)25-34-17-20-40(59)21-18-34)55(77)67-46(27-36-10-9-23-63-29-36)58(80)71(2)49(28-39-30-64-43-14-6-5-13-41(39)43)56(78)65-44(53(75)70-50)15-7-8-22-60/h3-6,9-14,16-21,23-24,29-30,33,42,44-50,64,72H,7-8,15,22,25-28,31-32,60-61H2,1-2H3,(H2,62,73)(H,65,78)(H,66,76)(H,67,77)(H,68,74)(H,69,79)(H,70,75)/t33-,42-,44-,45-,46-,47-,48+,49+,50+/m0/s1. The number of benzene rings is 4. The maximum Gasteiger partial charge on any atom is 0.245 e. The third-order valence-corrected chi connectivity index (χ3v) is 16.7. The van der Waals surface area contributed by atoms with Crippen molar-refractivity contribution in [3.8, 4) is 0 Å². The number of carbonyl (C=O) groups excluding carboxylic acids is 8. The van der Waals surface area contributed by atoms with Gasteiger partial charge in [-0.2, -0.15) is 0 Å². The van der Waals surface area contributed by atoms with E-state index in [4.69, 9.17) is 28.8 Å². The maximum absolute atomic E-state index is 15.2. The Bertz CT molecular complexity index is 3210. The minimum absolute atomic E-state index is 0.0150. The number of aromatic amines is 1. The van der Waals surface area contributed by atoms with Gasteiger partial charge in [-0.1, -0.05) is 112 Å². The molecule has 0 spiro atoms. The van der Waals surface area contributed by atoms with Crippen LogP contribution in [0.5, 0.6) is 0 Å². The second kappa shape index (κ2) is 30.0. The van der Waals surface area contributed by atoms with E-state index in [2.05, 4.69) is 41.9 Å². The van der Waals surface area contributed by atoms with Crippen molar-refractivity contribution in [1.82, 2.24) is 46.8 Å². The van der Waals surface area contributed by atoms with E-state index in [-0.39, 0.29) is 50.2 Å². The number of H-pyrrole nitrogens is 1. The topological polar surface area (TPSA) is 339 Å². The number of nitrogens with one attached hydrogen (secondary N) is 7. The molecule has 434 valence electrons. The molecule has 0 aliphatic carbocycles. The summed E-state index contributed by atoms with van der Waals surface area (Å²) in [5, 5.41) is 30.5. The smallest absolute Gasteiger partial charge is 0.245 e. The van der Waals surface area contributed by atoms with Crippen LogP contribution in [0.2, 0.25) is 5.02 Å². The quantitative estimate of drug-likeness (QED) is 0.0434. The van der Waals surface area contributed by atoms with E-state index < -0.39 is 102 Å². The number of aliphatic hydroxyl groups excluding tert-OH is 1. The predicted molar refractivity (Wildman–Crippen MR) is 318 cm³/mol. The first kappa shape index (κ1) is 62.1. The van der Waals surface area contributed by atoms with E-state index in [0.717, 1.165) is 43.3 Å². The molecule has 2 aromatic heterocycles. The van der Waals surface area contributed by atoms with Gasteiger partial charge in [-0.25, -0.2) is 0 Å². The van der Waals surface area contributed by atoms with Crippen molar-refractivity contribution >= 4 is 102 Å². The third-order valence-electron chi connectivity index (χ3n) is 14.1. The highest BCUT2D eigenvalue weighted by atomic mass is 35.5. The number of aromatic nitrogens is 2. The number of rotatable bonds is 18. The minimum Gasteiger partial charge on any atom is -0.391 e. The molecule has 1 aliphatic rings. The van der Waals surface area contributed by atoms with Gasteiger partial charge in [0.2, 0.25) is 47.3 Å². The molecule has 82 heavy (non-hydrogen) atoms. The van der Waals surface area contributed by atoms with E-state index in [1.807, 2.05) is 60.7 Å². The number of nitrogens with zero attached hydrogens (tertiary/aromatic N) is 2. The molecule has 24 heteroatoms. The van der Waals surface area contributed by atoms with Crippen molar-refractivity contribution in [3.05, 3.63) is 149 Å². The lowest BCUT2D eigenvalue weighted by molar-refractivity contribution is -0.143. The van der Waals surface area contributed by atoms with Crippen LogP contribution in [-0.4, -0.2) is 147 Å². The summed E-state index contributed by atoms with van der Waals surface area (Å²) in [7, 11) is 3.45. The highest BCUT2D eigenvalue weighted by Gasteiger charge is 2.38.